The summed E-state index contributed by atoms with van der Waals surface area (Å²) in [7, 11) is 1.63. The Bertz CT molecular complexity index is 741. The van der Waals surface area contributed by atoms with Gasteiger partial charge in [0.2, 0.25) is 5.91 Å². The second-order valence-corrected chi connectivity index (χ2v) is 7.42. The standard InChI is InChI=1S/C28H39NO2/c1-3-4-5-6-7-8-9-10-11-12-13-14-15-16-17-18-19-23-28(30)29-25-26-21-20-22-27(24-26)31-2/h11-24H,3-10,25H2,1-2H3,(H,29,30). The van der Waals surface area contributed by atoms with Gasteiger partial charge in [0.05, 0.1) is 7.11 Å². The molecule has 1 aromatic rings. The number of unbranched alkanes of at least 4 members (excludes halogenated alkanes) is 7. The molecule has 1 N–H and O–H groups in total. The molecule has 0 aliphatic carbocycles. The van der Waals surface area contributed by atoms with Crippen molar-refractivity contribution in [1.82, 2.24) is 5.32 Å². The van der Waals surface area contributed by atoms with Crippen LogP contribution in [0.2, 0.25) is 0 Å². The van der Waals surface area contributed by atoms with E-state index >= 15 is 0 Å². The fourth-order valence-electron chi connectivity index (χ4n) is 2.95. The van der Waals surface area contributed by atoms with Gasteiger partial charge in [-0.25, -0.2) is 0 Å². The van der Waals surface area contributed by atoms with Crippen LogP contribution in [0, 0.1) is 0 Å². The number of carbonyl (C=O) groups is 1. The van der Waals surface area contributed by atoms with E-state index in [-0.39, 0.29) is 5.91 Å². The molecule has 3 nitrogen and oxygen atoms in total. The van der Waals surface area contributed by atoms with Crippen molar-refractivity contribution in [1.29, 1.82) is 0 Å². The maximum absolute atomic E-state index is 11.8. The lowest BCUT2D eigenvalue weighted by molar-refractivity contribution is -0.116. The summed E-state index contributed by atoms with van der Waals surface area (Å²) in [6.45, 7) is 2.73. The van der Waals surface area contributed by atoms with Crippen LogP contribution in [0.5, 0.6) is 5.75 Å². The van der Waals surface area contributed by atoms with Crippen LogP contribution < -0.4 is 10.1 Å². The van der Waals surface area contributed by atoms with Crippen LogP contribution in [0.15, 0.2) is 85.0 Å². The molecule has 0 unspecified atom stereocenters. The van der Waals surface area contributed by atoms with Gasteiger partial charge in [-0.15, -0.1) is 0 Å². The first-order valence-electron chi connectivity index (χ1n) is 11.5. The quantitative estimate of drug-likeness (QED) is 0.174. The van der Waals surface area contributed by atoms with Gasteiger partial charge in [0.25, 0.3) is 0 Å². The van der Waals surface area contributed by atoms with Crippen LogP contribution in [-0.4, -0.2) is 13.0 Å². The van der Waals surface area contributed by atoms with Crippen LogP contribution in [0.3, 0.4) is 0 Å². The predicted molar refractivity (Wildman–Crippen MR) is 133 cm³/mol. The van der Waals surface area contributed by atoms with Crippen molar-refractivity contribution in [2.45, 2.75) is 64.8 Å². The number of ether oxygens (including phenoxy) is 1. The Labute approximate surface area is 189 Å². The fourth-order valence-corrected chi connectivity index (χ4v) is 2.95. The van der Waals surface area contributed by atoms with Gasteiger partial charge in [-0.1, -0.05) is 112 Å². The molecule has 3 heteroatoms. The molecular formula is C28H39NO2. The fraction of sp³-hybridized carbons (Fsp3) is 0.393. The SMILES string of the molecule is CCCCCCCCCC=CC=CC=CC=CC=CC(=O)NCc1cccc(OC)c1. The largest absolute Gasteiger partial charge is 0.497 e. The molecule has 0 spiro atoms. The summed E-state index contributed by atoms with van der Waals surface area (Å²) in [4.78, 5) is 11.8. The Kier molecular flexibility index (Phi) is 16.2. The molecule has 0 aliphatic heterocycles. The van der Waals surface area contributed by atoms with Crippen LogP contribution in [-0.2, 0) is 11.3 Å². The third-order valence-electron chi connectivity index (χ3n) is 4.74. The van der Waals surface area contributed by atoms with Crippen LogP contribution in [0.25, 0.3) is 0 Å². The van der Waals surface area contributed by atoms with Crippen LogP contribution in [0.1, 0.15) is 63.9 Å². The van der Waals surface area contributed by atoms with Gasteiger partial charge in [0.15, 0.2) is 0 Å². The molecule has 0 aliphatic rings. The second kappa shape index (κ2) is 19.2. The second-order valence-electron chi connectivity index (χ2n) is 7.42. The highest BCUT2D eigenvalue weighted by molar-refractivity contribution is 5.87. The molecule has 1 aromatic carbocycles. The lowest BCUT2D eigenvalue weighted by Gasteiger charge is -2.04. The van der Waals surface area contributed by atoms with Crippen molar-refractivity contribution in [3.63, 3.8) is 0 Å². The van der Waals surface area contributed by atoms with Crippen molar-refractivity contribution in [2.24, 2.45) is 0 Å². The van der Waals surface area contributed by atoms with E-state index in [0.717, 1.165) is 17.7 Å². The lowest BCUT2D eigenvalue weighted by Crippen LogP contribution is -2.20. The number of allylic oxidation sites excluding steroid dienone is 9. The van der Waals surface area contributed by atoms with Gasteiger partial charge in [-0.3, -0.25) is 4.79 Å². The van der Waals surface area contributed by atoms with E-state index in [1.807, 2.05) is 60.7 Å². The van der Waals surface area contributed by atoms with Gasteiger partial charge in [0, 0.05) is 12.6 Å². The number of benzene rings is 1. The van der Waals surface area contributed by atoms with E-state index in [1.165, 1.54) is 51.0 Å². The molecule has 0 saturated heterocycles. The monoisotopic (exact) mass is 421 g/mol. The van der Waals surface area contributed by atoms with Crippen LogP contribution >= 0.6 is 0 Å². The molecule has 168 valence electrons. The van der Waals surface area contributed by atoms with Gasteiger partial charge >= 0.3 is 0 Å². The summed E-state index contributed by atoms with van der Waals surface area (Å²) < 4.78 is 5.18. The summed E-state index contributed by atoms with van der Waals surface area (Å²) in [6.07, 6.45) is 30.0. The number of amides is 1. The summed E-state index contributed by atoms with van der Waals surface area (Å²) in [5.41, 5.74) is 1.00. The van der Waals surface area contributed by atoms with Crippen molar-refractivity contribution in [3.8, 4) is 5.75 Å². The average molecular weight is 422 g/mol. The van der Waals surface area contributed by atoms with Crippen molar-refractivity contribution in [2.75, 3.05) is 7.11 Å². The van der Waals surface area contributed by atoms with E-state index in [9.17, 15) is 4.79 Å². The summed E-state index contributed by atoms with van der Waals surface area (Å²) >= 11 is 0. The Hall–Kier alpha value is -2.81. The molecule has 31 heavy (non-hydrogen) atoms. The molecular weight excluding hydrogens is 382 g/mol. The van der Waals surface area contributed by atoms with Gasteiger partial charge in [-0.05, 0) is 30.5 Å². The molecule has 1 amide bonds. The van der Waals surface area contributed by atoms with Gasteiger partial charge < -0.3 is 10.1 Å². The molecule has 0 aromatic heterocycles. The Morgan fingerprint density at radius 1 is 0.871 bits per heavy atom. The highest BCUT2D eigenvalue weighted by Crippen LogP contribution is 2.12. The number of nitrogens with one attached hydrogen (secondary N) is 1. The first-order chi connectivity index (χ1) is 15.3. The van der Waals surface area contributed by atoms with Gasteiger partial charge in [-0.2, -0.15) is 0 Å². The molecule has 1 rings (SSSR count). The number of methoxy groups -OCH3 is 1. The third-order valence-corrected chi connectivity index (χ3v) is 4.74. The van der Waals surface area contributed by atoms with Crippen molar-refractivity contribution >= 4 is 5.91 Å². The molecule has 0 heterocycles. The van der Waals surface area contributed by atoms with Crippen molar-refractivity contribution in [3.05, 3.63) is 90.6 Å². The molecule has 0 saturated carbocycles. The maximum atomic E-state index is 11.8. The zero-order chi connectivity index (χ0) is 22.4. The zero-order valence-corrected chi connectivity index (χ0v) is 19.3. The van der Waals surface area contributed by atoms with Crippen molar-refractivity contribution < 1.29 is 9.53 Å². The van der Waals surface area contributed by atoms with Crippen LogP contribution in [0.4, 0.5) is 0 Å². The van der Waals surface area contributed by atoms with E-state index in [4.69, 9.17) is 4.74 Å². The molecule has 0 fully saturated rings. The molecule has 0 atom stereocenters. The maximum Gasteiger partial charge on any atom is 0.244 e. The highest BCUT2D eigenvalue weighted by Gasteiger charge is 1.98. The minimum atomic E-state index is -0.123. The predicted octanol–water partition coefficient (Wildman–Crippen LogP) is 7.23. The number of rotatable bonds is 16. The first kappa shape index (κ1) is 26.2. The van der Waals surface area contributed by atoms with Gasteiger partial charge in [0.1, 0.15) is 5.75 Å². The van der Waals surface area contributed by atoms with E-state index < -0.39 is 0 Å². The van der Waals surface area contributed by atoms with E-state index in [1.54, 1.807) is 13.2 Å². The Morgan fingerprint density at radius 3 is 2.23 bits per heavy atom. The lowest BCUT2D eigenvalue weighted by atomic mass is 10.1. The van der Waals surface area contributed by atoms with E-state index in [2.05, 4.69) is 24.4 Å². The zero-order valence-electron chi connectivity index (χ0n) is 19.3. The number of hydrogen-bond donors (Lipinski definition) is 1. The Balaban J connectivity index is 2.10. The summed E-state index contributed by atoms with van der Waals surface area (Å²) in [5.74, 6) is 0.664. The van der Waals surface area contributed by atoms with E-state index in [0.29, 0.717) is 6.54 Å². The first-order valence-corrected chi connectivity index (χ1v) is 11.5. The smallest absolute Gasteiger partial charge is 0.244 e. The third kappa shape index (κ3) is 15.7. The average Bonchev–Trinajstić information content (AvgIpc) is 2.80. The highest BCUT2D eigenvalue weighted by atomic mass is 16.5. The minimum Gasteiger partial charge on any atom is -0.497 e. The molecule has 0 radical (unpaired) electrons. The summed E-state index contributed by atoms with van der Waals surface area (Å²) in [6, 6.07) is 7.65. The Morgan fingerprint density at radius 2 is 1.52 bits per heavy atom. The summed E-state index contributed by atoms with van der Waals surface area (Å²) in [5, 5.41) is 2.85. The normalized spacial score (nSPS) is 12.2. The topological polar surface area (TPSA) is 38.3 Å². The molecule has 0 bridgehead atoms. The minimum absolute atomic E-state index is 0.123. The number of carbonyl (C=O) groups excluding carboxylic acids is 1. The number of hydrogen-bond acceptors (Lipinski definition) is 2.